The van der Waals surface area contributed by atoms with Crippen molar-refractivity contribution >= 4 is 23.4 Å². The first-order chi connectivity index (χ1) is 11.7. The van der Waals surface area contributed by atoms with Gasteiger partial charge in [-0.25, -0.2) is 0 Å². The Labute approximate surface area is 147 Å². The predicted octanol–water partition coefficient (Wildman–Crippen LogP) is 4.41. The maximum absolute atomic E-state index is 12.8. The fourth-order valence-electron chi connectivity index (χ4n) is 2.88. The molecule has 0 N–H and O–H groups in total. The molecule has 3 nitrogen and oxygen atoms in total. The van der Waals surface area contributed by atoms with Gasteiger partial charge in [0.2, 0.25) is 5.91 Å². The van der Waals surface area contributed by atoms with Crippen molar-refractivity contribution in [3.05, 3.63) is 59.7 Å². The standard InChI is InChI=1S/C20H20N2OS/c1-15-12-13-22(18-4-2-3-5-19(18)24-15)20(23)11-10-16-6-8-17(14-21)9-7-16/h2-9,15H,10-13H2,1H3. The molecule has 2 aromatic carbocycles. The molecule has 0 saturated heterocycles. The highest BCUT2D eigenvalue weighted by Crippen LogP contribution is 2.37. The van der Waals surface area contributed by atoms with E-state index in [0.29, 0.717) is 23.7 Å². The minimum atomic E-state index is 0.168. The number of carbonyl (C=O) groups is 1. The molecule has 1 aliphatic heterocycles. The summed E-state index contributed by atoms with van der Waals surface area (Å²) in [5.74, 6) is 0.168. The summed E-state index contributed by atoms with van der Waals surface area (Å²) >= 11 is 1.85. The molecule has 2 aromatic rings. The van der Waals surface area contributed by atoms with E-state index in [1.807, 2.05) is 47.0 Å². The monoisotopic (exact) mass is 336 g/mol. The van der Waals surface area contributed by atoms with Gasteiger partial charge in [-0.15, -0.1) is 11.8 Å². The Hall–Kier alpha value is -2.25. The van der Waals surface area contributed by atoms with Crippen LogP contribution in [-0.2, 0) is 11.2 Å². The zero-order valence-corrected chi connectivity index (χ0v) is 14.6. The van der Waals surface area contributed by atoms with Crippen LogP contribution in [0.5, 0.6) is 0 Å². The third-order valence-corrected chi connectivity index (χ3v) is 5.49. The van der Waals surface area contributed by atoms with Crippen molar-refractivity contribution in [2.75, 3.05) is 11.4 Å². The first-order valence-electron chi connectivity index (χ1n) is 8.22. The molecule has 0 bridgehead atoms. The Balaban J connectivity index is 1.71. The maximum Gasteiger partial charge on any atom is 0.227 e. The molecular weight excluding hydrogens is 316 g/mol. The number of aryl methyl sites for hydroxylation is 1. The SMILES string of the molecule is CC1CCN(C(=O)CCc2ccc(C#N)cc2)c2ccccc2S1. The molecule has 1 aliphatic rings. The third kappa shape index (κ3) is 3.80. The van der Waals surface area contributed by atoms with Gasteiger partial charge >= 0.3 is 0 Å². The molecule has 0 aliphatic carbocycles. The smallest absolute Gasteiger partial charge is 0.227 e. The summed E-state index contributed by atoms with van der Waals surface area (Å²) in [4.78, 5) is 15.9. The van der Waals surface area contributed by atoms with Crippen LogP contribution < -0.4 is 4.90 Å². The number of hydrogen-bond donors (Lipinski definition) is 0. The fraction of sp³-hybridized carbons (Fsp3) is 0.300. The minimum absolute atomic E-state index is 0.168. The molecule has 0 aromatic heterocycles. The highest BCUT2D eigenvalue weighted by molar-refractivity contribution is 8.00. The number of benzene rings is 2. The van der Waals surface area contributed by atoms with Gasteiger partial charge in [-0.1, -0.05) is 31.2 Å². The molecule has 122 valence electrons. The largest absolute Gasteiger partial charge is 0.311 e. The molecule has 1 unspecified atom stereocenters. The molecule has 4 heteroatoms. The molecule has 1 amide bonds. The topological polar surface area (TPSA) is 44.1 Å². The number of para-hydroxylation sites is 1. The lowest BCUT2D eigenvalue weighted by Gasteiger charge is -2.22. The van der Waals surface area contributed by atoms with Crippen molar-refractivity contribution in [3.63, 3.8) is 0 Å². The van der Waals surface area contributed by atoms with Crippen molar-refractivity contribution in [3.8, 4) is 6.07 Å². The van der Waals surface area contributed by atoms with Crippen LogP contribution in [0.3, 0.4) is 0 Å². The molecule has 0 fully saturated rings. The van der Waals surface area contributed by atoms with Crippen LogP contribution in [0.1, 0.15) is 30.9 Å². The van der Waals surface area contributed by atoms with Crippen molar-refractivity contribution < 1.29 is 4.79 Å². The number of carbonyl (C=O) groups excluding carboxylic acids is 1. The highest BCUT2D eigenvalue weighted by Gasteiger charge is 2.23. The summed E-state index contributed by atoms with van der Waals surface area (Å²) in [7, 11) is 0. The van der Waals surface area contributed by atoms with Crippen LogP contribution in [0.15, 0.2) is 53.4 Å². The molecular formula is C20H20N2OS. The second kappa shape index (κ2) is 7.55. The van der Waals surface area contributed by atoms with Gasteiger partial charge in [0, 0.05) is 23.1 Å². The van der Waals surface area contributed by atoms with E-state index in [-0.39, 0.29) is 5.91 Å². The van der Waals surface area contributed by atoms with E-state index in [1.165, 1.54) is 4.90 Å². The summed E-state index contributed by atoms with van der Waals surface area (Å²) in [6, 6.07) is 17.8. The Kier molecular flexibility index (Phi) is 5.22. The Bertz CT molecular complexity index is 764. The molecule has 1 heterocycles. The van der Waals surface area contributed by atoms with Crippen molar-refractivity contribution in [1.29, 1.82) is 5.26 Å². The normalized spacial score (nSPS) is 16.8. The number of hydrogen-bond acceptors (Lipinski definition) is 3. The molecule has 3 rings (SSSR count). The molecule has 0 spiro atoms. The first kappa shape index (κ1) is 16.6. The second-order valence-corrected chi connectivity index (χ2v) is 7.52. The predicted molar refractivity (Wildman–Crippen MR) is 98.2 cm³/mol. The van der Waals surface area contributed by atoms with E-state index < -0.39 is 0 Å². The number of nitriles is 1. The summed E-state index contributed by atoms with van der Waals surface area (Å²) in [6.45, 7) is 2.99. The van der Waals surface area contributed by atoms with Crippen LogP contribution >= 0.6 is 11.8 Å². The van der Waals surface area contributed by atoms with Crippen molar-refractivity contribution in [2.24, 2.45) is 0 Å². The Morgan fingerprint density at radius 1 is 1.25 bits per heavy atom. The van der Waals surface area contributed by atoms with E-state index in [1.54, 1.807) is 12.1 Å². The van der Waals surface area contributed by atoms with E-state index in [9.17, 15) is 4.79 Å². The van der Waals surface area contributed by atoms with Crippen molar-refractivity contribution in [1.82, 2.24) is 0 Å². The zero-order chi connectivity index (χ0) is 16.9. The van der Waals surface area contributed by atoms with E-state index in [4.69, 9.17) is 5.26 Å². The molecule has 24 heavy (non-hydrogen) atoms. The minimum Gasteiger partial charge on any atom is -0.311 e. The van der Waals surface area contributed by atoms with Gasteiger partial charge in [0.1, 0.15) is 0 Å². The van der Waals surface area contributed by atoms with Crippen LogP contribution in [0.4, 0.5) is 5.69 Å². The average molecular weight is 336 g/mol. The van der Waals surface area contributed by atoms with E-state index in [2.05, 4.69) is 19.1 Å². The lowest BCUT2D eigenvalue weighted by molar-refractivity contribution is -0.118. The number of thioether (sulfide) groups is 1. The number of fused-ring (bicyclic) bond motifs is 1. The van der Waals surface area contributed by atoms with Gasteiger partial charge in [-0.2, -0.15) is 5.26 Å². The lowest BCUT2D eigenvalue weighted by atomic mass is 10.1. The molecule has 1 atom stereocenters. The number of amides is 1. The van der Waals surface area contributed by atoms with Gasteiger partial charge in [0.25, 0.3) is 0 Å². The van der Waals surface area contributed by atoms with Crippen LogP contribution in [0.2, 0.25) is 0 Å². The number of anilines is 1. The summed E-state index contributed by atoms with van der Waals surface area (Å²) in [5.41, 5.74) is 2.78. The Morgan fingerprint density at radius 3 is 2.75 bits per heavy atom. The zero-order valence-electron chi connectivity index (χ0n) is 13.7. The fourth-order valence-corrected chi connectivity index (χ4v) is 3.99. The summed E-state index contributed by atoms with van der Waals surface area (Å²) in [6.07, 6.45) is 2.19. The maximum atomic E-state index is 12.8. The van der Waals surface area contributed by atoms with E-state index >= 15 is 0 Å². The Morgan fingerprint density at radius 2 is 2.00 bits per heavy atom. The summed E-state index contributed by atoms with van der Waals surface area (Å²) in [5, 5.41) is 9.36. The lowest BCUT2D eigenvalue weighted by Crippen LogP contribution is -2.32. The quantitative estimate of drug-likeness (QED) is 0.834. The third-order valence-electron chi connectivity index (χ3n) is 4.26. The van der Waals surface area contributed by atoms with Crippen LogP contribution in [-0.4, -0.2) is 17.7 Å². The van der Waals surface area contributed by atoms with Crippen LogP contribution in [0.25, 0.3) is 0 Å². The van der Waals surface area contributed by atoms with Crippen molar-refractivity contribution in [2.45, 2.75) is 36.3 Å². The van der Waals surface area contributed by atoms with Gasteiger partial charge in [0.05, 0.1) is 17.3 Å². The molecule has 0 radical (unpaired) electrons. The van der Waals surface area contributed by atoms with Gasteiger partial charge in [0.15, 0.2) is 0 Å². The second-order valence-electron chi connectivity index (χ2n) is 6.04. The number of nitrogens with zero attached hydrogens (tertiary/aromatic N) is 2. The first-order valence-corrected chi connectivity index (χ1v) is 9.10. The van der Waals surface area contributed by atoms with Gasteiger partial charge in [-0.05, 0) is 42.7 Å². The number of rotatable bonds is 3. The molecule has 0 saturated carbocycles. The van der Waals surface area contributed by atoms with Gasteiger partial charge < -0.3 is 4.90 Å². The highest BCUT2D eigenvalue weighted by atomic mass is 32.2. The van der Waals surface area contributed by atoms with E-state index in [0.717, 1.165) is 24.2 Å². The summed E-state index contributed by atoms with van der Waals surface area (Å²) < 4.78 is 0. The average Bonchev–Trinajstić information content (AvgIpc) is 2.78. The van der Waals surface area contributed by atoms with Gasteiger partial charge in [-0.3, -0.25) is 4.79 Å². The van der Waals surface area contributed by atoms with Crippen LogP contribution in [0, 0.1) is 11.3 Å².